The molecule has 1 aromatic heterocycles. The van der Waals surface area contributed by atoms with E-state index in [1.165, 1.54) is 18.1 Å². The summed E-state index contributed by atoms with van der Waals surface area (Å²) in [5.74, 6) is -0.564. The maximum absolute atomic E-state index is 12.6. The van der Waals surface area contributed by atoms with Crippen LogP contribution in [0.5, 0.6) is 0 Å². The Morgan fingerprint density at radius 3 is 2.38 bits per heavy atom. The first-order chi connectivity index (χ1) is 9.76. The van der Waals surface area contributed by atoms with Gasteiger partial charge in [0.05, 0.1) is 7.11 Å². The first kappa shape index (κ1) is 17.4. The molecule has 0 saturated heterocycles. The van der Waals surface area contributed by atoms with E-state index < -0.39 is 5.97 Å². The summed E-state index contributed by atoms with van der Waals surface area (Å²) in [6, 6.07) is 3.10. The number of nitrogens with zero attached hydrogens (tertiary/aromatic N) is 2. The lowest BCUT2D eigenvalue weighted by molar-refractivity contribution is -0.141. The highest BCUT2D eigenvalue weighted by Crippen LogP contribution is 2.19. The molecule has 0 atom stereocenters. The molecule has 0 unspecified atom stereocenters. The van der Waals surface area contributed by atoms with Crippen LogP contribution in [0.25, 0.3) is 0 Å². The van der Waals surface area contributed by atoms with Gasteiger partial charge in [-0.3, -0.25) is 9.59 Å². The summed E-state index contributed by atoms with van der Waals surface area (Å²) < 4.78 is 4.63. The van der Waals surface area contributed by atoms with Crippen molar-refractivity contribution in [1.82, 2.24) is 9.88 Å². The molecule has 0 spiro atoms. The van der Waals surface area contributed by atoms with Crippen molar-refractivity contribution >= 4 is 23.5 Å². The van der Waals surface area contributed by atoms with Gasteiger partial charge in [0.25, 0.3) is 5.91 Å². The molecule has 0 bridgehead atoms. The fourth-order valence-electron chi connectivity index (χ4n) is 1.79. The van der Waals surface area contributed by atoms with Gasteiger partial charge in [0.2, 0.25) is 0 Å². The molecule has 6 heteroatoms. The third-order valence-electron chi connectivity index (χ3n) is 3.06. The summed E-state index contributed by atoms with van der Waals surface area (Å²) in [6.07, 6.45) is 0. The van der Waals surface area contributed by atoms with E-state index in [4.69, 9.17) is 11.6 Å². The van der Waals surface area contributed by atoms with Crippen molar-refractivity contribution in [2.45, 2.75) is 39.7 Å². The topological polar surface area (TPSA) is 59.5 Å². The van der Waals surface area contributed by atoms with Crippen LogP contribution in [-0.4, -0.2) is 41.5 Å². The number of aromatic nitrogens is 1. The molecule has 0 N–H and O–H groups in total. The van der Waals surface area contributed by atoms with Crippen LogP contribution in [0.4, 0.5) is 0 Å². The fourth-order valence-corrected chi connectivity index (χ4v) is 2.01. The number of rotatable bonds is 5. The van der Waals surface area contributed by atoms with Crippen LogP contribution in [0.2, 0.25) is 5.15 Å². The summed E-state index contributed by atoms with van der Waals surface area (Å²) >= 11 is 5.98. The molecule has 0 aliphatic carbocycles. The first-order valence-electron chi connectivity index (χ1n) is 6.81. The van der Waals surface area contributed by atoms with Crippen LogP contribution in [0, 0.1) is 0 Å². The SMILES string of the molecule is COC(=O)CN(C(=O)c1cc(Cl)nc(C(C)C)c1)C(C)C. The number of pyridine rings is 1. The zero-order valence-corrected chi connectivity index (χ0v) is 13.8. The largest absolute Gasteiger partial charge is 0.468 e. The normalized spacial score (nSPS) is 10.9. The van der Waals surface area contributed by atoms with E-state index in [9.17, 15) is 9.59 Å². The van der Waals surface area contributed by atoms with Crippen LogP contribution in [0.3, 0.4) is 0 Å². The van der Waals surface area contributed by atoms with E-state index in [1.807, 2.05) is 27.7 Å². The predicted octanol–water partition coefficient (Wildman–Crippen LogP) is 2.88. The molecular weight excluding hydrogens is 292 g/mol. The summed E-state index contributed by atoms with van der Waals surface area (Å²) in [5, 5.41) is 0.270. The Balaban J connectivity index is 3.11. The zero-order valence-electron chi connectivity index (χ0n) is 13.0. The molecule has 0 saturated carbocycles. The average Bonchev–Trinajstić information content (AvgIpc) is 2.42. The van der Waals surface area contributed by atoms with Gasteiger partial charge in [0.15, 0.2) is 0 Å². The van der Waals surface area contributed by atoms with Gasteiger partial charge in [-0.1, -0.05) is 25.4 Å². The number of halogens is 1. The van der Waals surface area contributed by atoms with Crippen LogP contribution < -0.4 is 0 Å². The van der Waals surface area contributed by atoms with Crippen LogP contribution in [-0.2, 0) is 9.53 Å². The number of hydrogen-bond acceptors (Lipinski definition) is 4. The Bertz CT molecular complexity index is 530. The van der Waals surface area contributed by atoms with Gasteiger partial charge in [-0.15, -0.1) is 0 Å². The second-order valence-electron chi connectivity index (χ2n) is 5.36. The standard InChI is InChI=1S/C15H21ClN2O3/c1-9(2)12-6-11(7-13(16)17-12)15(20)18(10(3)4)8-14(19)21-5/h6-7,9-10H,8H2,1-5H3. The van der Waals surface area contributed by atoms with Crippen LogP contribution >= 0.6 is 11.6 Å². The van der Waals surface area contributed by atoms with Gasteiger partial charge in [-0.05, 0) is 31.9 Å². The van der Waals surface area contributed by atoms with E-state index in [0.717, 1.165) is 5.69 Å². The number of methoxy groups -OCH3 is 1. The van der Waals surface area contributed by atoms with E-state index in [-0.39, 0.29) is 29.6 Å². The summed E-state index contributed by atoms with van der Waals surface area (Å²) in [5.41, 5.74) is 1.17. The smallest absolute Gasteiger partial charge is 0.325 e. The zero-order chi connectivity index (χ0) is 16.2. The molecule has 1 amide bonds. The van der Waals surface area contributed by atoms with E-state index in [1.54, 1.807) is 6.07 Å². The minimum Gasteiger partial charge on any atom is -0.468 e. The number of ether oxygens (including phenoxy) is 1. The predicted molar refractivity (Wildman–Crippen MR) is 81.5 cm³/mol. The first-order valence-corrected chi connectivity index (χ1v) is 7.19. The van der Waals surface area contributed by atoms with Gasteiger partial charge in [0.1, 0.15) is 11.7 Å². The highest BCUT2D eigenvalue weighted by Gasteiger charge is 2.23. The summed E-state index contributed by atoms with van der Waals surface area (Å²) in [4.78, 5) is 29.7. The molecule has 116 valence electrons. The highest BCUT2D eigenvalue weighted by molar-refractivity contribution is 6.29. The molecular formula is C15H21ClN2O3. The van der Waals surface area contributed by atoms with E-state index in [2.05, 4.69) is 9.72 Å². The minimum absolute atomic E-state index is 0.0933. The van der Waals surface area contributed by atoms with Gasteiger partial charge in [0, 0.05) is 17.3 Å². The number of amides is 1. The van der Waals surface area contributed by atoms with Crippen molar-refractivity contribution in [3.05, 3.63) is 28.5 Å². The average molecular weight is 313 g/mol. The molecule has 0 fully saturated rings. The number of esters is 1. The number of hydrogen-bond donors (Lipinski definition) is 0. The highest BCUT2D eigenvalue weighted by atomic mass is 35.5. The Morgan fingerprint density at radius 2 is 1.90 bits per heavy atom. The van der Waals surface area contributed by atoms with Crippen molar-refractivity contribution in [3.8, 4) is 0 Å². The molecule has 0 aliphatic heterocycles. The third-order valence-corrected chi connectivity index (χ3v) is 3.26. The van der Waals surface area contributed by atoms with Gasteiger partial charge in [-0.25, -0.2) is 4.98 Å². The lowest BCUT2D eigenvalue weighted by atomic mass is 10.1. The van der Waals surface area contributed by atoms with E-state index >= 15 is 0 Å². The lowest BCUT2D eigenvalue weighted by Crippen LogP contribution is -2.41. The van der Waals surface area contributed by atoms with Crippen molar-refractivity contribution in [2.75, 3.05) is 13.7 Å². The monoisotopic (exact) mass is 312 g/mol. The molecule has 0 radical (unpaired) electrons. The Labute approximate surface area is 130 Å². The second kappa shape index (κ2) is 7.41. The fraction of sp³-hybridized carbons (Fsp3) is 0.533. The van der Waals surface area contributed by atoms with Crippen LogP contribution in [0.15, 0.2) is 12.1 Å². The van der Waals surface area contributed by atoms with Crippen molar-refractivity contribution in [1.29, 1.82) is 0 Å². The van der Waals surface area contributed by atoms with Crippen LogP contribution in [0.1, 0.15) is 49.7 Å². The summed E-state index contributed by atoms with van der Waals surface area (Å²) in [6.45, 7) is 7.53. The Kier molecular flexibility index (Phi) is 6.15. The molecule has 1 rings (SSSR count). The molecule has 1 heterocycles. The number of carbonyl (C=O) groups excluding carboxylic acids is 2. The lowest BCUT2D eigenvalue weighted by Gasteiger charge is -2.25. The van der Waals surface area contributed by atoms with Gasteiger partial charge < -0.3 is 9.64 Å². The third kappa shape index (κ3) is 4.70. The van der Waals surface area contributed by atoms with Gasteiger partial charge >= 0.3 is 5.97 Å². The molecule has 1 aromatic rings. The maximum Gasteiger partial charge on any atom is 0.325 e. The van der Waals surface area contributed by atoms with Crippen molar-refractivity contribution in [2.24, 2.45) is 0 Å². The second-order valence-corrected chi connectivity index (χ2v) is 5.75. The molecule has 0 aromatic carbocycles. The van der Waals surface area contributed by atoms with Gasteiger partial charge in [-0.2, -0.15) is 0 Å². The molecule has 5 nitrogen and oxygen atoms in total. The Morgan fingerprint density at radius 1 is 1.29 bits per heavy atom. The molecule has 0 aliphatic rings. The quantitative estimate of drug-likeness (QED) is 0.619. The maximum atomic E-state index is 12.6. The number of carbonyl (C=O) groups is 2. The minimum atomic E-state index is -0.457. The Hall–Kier alpha value is -1.62. The molecule has 21 heavy (non-hydrogen) atoms. The van der Waals surface area contributed by atoms with E-state index in [0.29, 0.717) is 5.56 Å². The summed E-state index contributed by atoms with van der Waals surface area (Å²) in [7, 11) is 1.30. The van der Waals surface area contributed by atoms with Crippen molar-refractivity contribution < 1.29 is 14.3 Å². The van der Waals surface area contributed by atoms with Crippen molar-refractivity contribution in [3.63, 3.8) is 0 Å².